The third kappa shape index (κ3) is 5.89. The SMILES string of the molecule is CC(C)[C@@H]1CC[C@@H](C)C[C@H]1OP(=O)(Cc1ccccc1)c1c(O)c(-c2ccccc2)cc(O)c1-c1ccccc1. The summed E-state index contributed by atoms with van der Waals surface area (Å²) in [6.07, 6.45) is 2.85. The first kappa shape index (κ1) is 28.2. The van der Waals surface area contributed by atoms with Crippen molar-refractivity contribution in [2.75, 3.05) is 0 Å². The van der Waals surface area contributed by atoms with Gasteiger partial charge < -0.3 is 14.7 Å². The molecule has 2 N–H and O–H groups in total. The molecule has 5 rings (SSSR count). The van der Waals surface area contributed by atoms with Crippen LogP contribution < -0.4 is 5.30 Å². The molecule has 1 saturated carbocycles. The highest BCUT2D eigenvalue weighted by Crippen LogP contribution is 2.59. The predicted octanol–water partition coefficient (Wildman–Crippen LogP) is 9.01. The maximum absolute atomic E-state index is 15.6. The zero-order chi connectivity index (χ0) is 28.3. The minimum Gasteiger partial charge on any atom is -0.507 e. The van der Waals surface area contributed by atoms with E-state index in [0.717, 1.165) is 30.4 Å². The van der Waals surface area contributed by atoms with Gasteiger partial charge in [0.15, 0.2) is 0 Å². The number of hydrogen-bond acceptors (Lipinski definition) is 4. The van der Waals surface area contributed by atoms with Crippen LogP contribution in [0.5, 0.6) is 11.5 Å². The summed E-state index contributed by atoms with van der Waals surface area (Å²) < 4.78 is 22.5. The molecule has 5 heteroatoms. The Morgan fingerprint density at radius 2 is 1.43 bits per heavy atom. The Morgan fingerprint density at radius 3 is 2.02 bits per heavy atom. The molecule has 1 aliphatic rings. The van der Waals surface area contributed by atoms with Crippen LogP contribution >= 0.6 is 7.37 Å². The van der Waals surface area contributed by atoms with E-state index in [9.17, 15) is 10.2 Å². The maximum atomic E-state index is 15.6. The molecule has 0 bridgehead atoms. The molecule has 4 nitrogen and oxygen atoms in total. The summed E-state index contributed by atoms with van der Waals surface area (Å²) in [5.74, 6) is 0.943. The molecule has 0 saturated heterocycles. The molecule has 208 valence electrons. The Hall–Kier alpha value is -3.33. The molecule has 0 spiro atoms. The predicted molar refractivity (Wildman–Crippen MR) is 164 cm³/mol. The molecule has 0 radical (unpaired) electrons. The monoisotopic (exact) mass is 554 g/mol. The van der Waals surface area contributed by atoms with Crippen LogP contribution in [-0.4, -0.2) is 16.3 Å². The van der Waals surface area contributed by atoms with E-state index in [4.69, 9.17) is 4.52 Å². The lowest BCUT2D eigenvalue weighted by atomic mass is 9.75. The van der Waals surface area contributed by atoms with Crippen molar-refractivity contribution < 1.29 is 19.3 Å². The van der Waals surface area contributed by atoms with Gasteiger partial charge in [-0.1, -0.05) is 118 Å². The Kier molecular flexibility index (Phi) is 8.49. The highest BCUT2D eigenvalue weighted by molar-refractivity contribution is 7.66. The second-order valence-electron chi connectivity index (χ2n) is 11.5. The zero-order valence-corrected chi connectivity index (χ0v) is 24.4. The quantitative estimate of drug-likeness (QED) is 0.168. The minimum atomic E-state index is -3.79. The van der Waals surface area contributed by atoms with Gasteiger partial charge >= 0.3 is 0 Å². The molecular formula is C35H39O4P. The Balaban J connectivity index is 1.77. The van der Waals surface area contributed by atoms with Crippen molar-refractivity contribution in [3.05, 3.63) is 103 Å². The summed E-state index contributed by atoms with van der Waals surface area (Å²) in [4.78, 5) is 0. The second-order valence-corrected chi connectivity index (χ2v) is 13.9. The standard InChI is InChI=1S/C35H39O4P/c1-24(2)29-20-19-25(3)21-32(29)39-40(38,23-26-13-7-4-8-14-26)35-33(28-17-11-6-12-18-28)31(36)22-30(34(35)37)27-15-9-5-10-16-27/h4-18,22,24-25,29,32,36-37H,19-21,23H2,1-3H3/t25-,29+,32-,40?/m1/s1. The number of benzene rings is 4. The van der Waals surface area contributed by atoms with Crippen molar-refractivity contribution in [2.45, 2.75) is 52.3 Å². The van der Waals surface area contributed by atoms with Crippen molar-refractivity contribution >= 4 is 12.7 Å². The van der Waals surface area contributed by atoms with Crippen LogP contribution in [0, 0.1) is 17.8 Å². The van der Waals surface area contributed by atoms with E-state index in [1.807, 2.05) is 91.0 Å². The fourth-order valence-electron chi connectivity index (χ4n) is 6.15. The van der Waals surface area contributed by atoms with Crippen LogP contribution in [0.15, 0.2) is 97.1 Å². The van der Waals surface area contributed by atoms with E-state index >= 15 is 4.57 Å². The first-order chi connectivity index (χ1) is 19.3. The highest BCUT2D eigenvalue weighted by Gasteiger charge is 2.42. The fourth-order valence-corrected chi connectivity index (χ4v) is 8.89. The molecule has 4 atom stereocenters. The first-order valence-corrected chi connectivity index (χ1v) is 16.1. The molecule has 0 aromatic heterocycles. The van der Waals surface area contributed by atoms with Crippen LogP contribution in [0.2, 0.25) is 0 Å². The molecule has 1 fully saturated rings. The number of rotatable bonds is 8. The summed E-state index contributed by atoms with van der Waals surface area (Å²) in [5, 5.41) is 23.8. The van der Waals surface area contributed by atoms with Gasteiger partial charge in [-0.25, -0.2) is 0 Å². The lowest BCUT2D eigenvalue weighted by Crippen LogP contribution is -2.35. The van der Waals surface area contributed by atoms with Crippen LogP contribution in [0.4, 0.5) is 0 Å². The molecule has 0 aliphatic heterocycles. The van der Waals surface area contributed by atoms with Gasteiger partial charge in [-0.15, -0.1) is 0 Å². The third-order valence-electron chi connectivity index (χ3n) is 8.24. The van der Waals surface area contributed by atoms with Crippen molar-refractivity contribution in [1.29, 1.82) is 0 Å². The first-order valence-electron chi connectivity index (χ1n) is 14.3. The van der Waals surface area contributed by atoms with Gasteiger partial charge in [-0.2, -0.15) is 0 Å². The van der Waals surface area contributed by atoms with Crippen molar-refractivity contribution in [3.8, 4) is 33.8 Å². The minimum absolute atomic E-state index is 0.0350. The van der Waals surface area contributed by atoms with Gasteiger partial charge in [0.25, 0.3) is 0 Å². The molecule has 1 unspecified atom stereocenters. The Bertz CT molecular complexity index is 1470. The van der Waals surface area contributed by atoms with Gasteiger partial charge in [-0.3, -0.25) is 4.57 Å². The molecule has 0 heterocycles. The number of phenols is 2. The molecule has 0 amide bonds. The van der Waals surface area contributed by atoms with Gasteiger partial charge in [-0.05, 0) is 53.4 Å². The number of hydrogen-bond donors (Lipinski definition) is 2. The smallest absolute Gasteiger partial charge is 0.241 e. The lowest BCUT2D eigenvalue weighted by molar-refractivity contribution is 0.0496. The Labute approximate surface area is 238 Å². The fraction of sp³-hybridized carbons (Fsp3) is 0.314. The van der Waals surface area contributed by atoms with Gasteiger partial charge in [0, 0.05) is 11.1 Å². The van der Waals surface area contributed by atoms with E-state index in [-0.39, 0.29) is 35.0 Å². The maximum Gasteiger partial charge on any atom is 0.241 e. The van der Waals surface area contributed by atoms with E-state index in [1.54, 1.807) is 6.07 Å². The number of aromatic hydroxyl groups is 2. The van der Waals surface area contributed by atoms with E-state index < -0.39 is 7.37 Å². The van der Waals surface area contributed by atoms with Gasteiger partial charge in [0.2, 0.25) is 7.37 Å². The number of phenolic OH excluding ortho intramolecular Hbond substituents is 2. The average molecular weight is 555 g/mol. The topological polar surface area (TPSA) is 66.8 Å². The molecule has 40 heavy (non-hydrogen) atoms. The van der Waals surface area contributed by atoms with Gasteiger partial charge in [0.05, 0.1) is 17.6 Å². The summed E-state index contributed by atoms with van der Waals surface area (Å²) in [7, 11) is -3.79. The molecule has 4 aromatic carbocycles. The normalized spacial score (nSPS) is 20.8. The summed E-state index contributed by atoms with van der Waals surface area (Å²) in [6, 6.07) is 30.0. The van der Waals surface area contributed by atoms with E-state index in [2.05, 4.69) is 20.8 Å². The Morgan fingerprint density at radius 1 is 0.850 bits per heavy atom. The molecular weight excluding hydrogens is 515 g/mol. The van der Waals surface area contributed by atoms with Crippen LogP contribution in [0.3, 0.4) is 0 Å². The lowest BCUT2D eigenvalue weighted by Gasteiger charge is -2.39. The van der Waals surface area contributed by atoms with Crippen molar-refractivity contribution in [2.24, 2.45) is 17.8 Å². The largest absolute Gasteiger partial charge is 0.507 e. The van der Waals surface area contributed by atoms with Crippen molar-refractivity contribution in [3.63, 3.8) is 0 Å². The van der Waals surface area contributed by atoms with Crippen LogP contribution in [0.25, 0.3) is 22.3 Å². The zero-order valence-electron chi connectivity index (χ0n) is 23.5. The average Bonchev–Trinajstić information content (AvgIpc) is 2.95. The summed E-state index contributed by atoms with van der Waals surface area (Å²) in [6.45, 7) is 6.63. The van der Waals surface area contributed by atoms with Crippen LogP contribution in [-0.2, 0) is 15.3 Å². The molecule has 1 aliphatic carbocycles. The summed E-state index contributed by atoms with van der Waals surface area (Å²) >= 11 is 0. The van der Waals surface area contributed by atoms with E-state index in [0.29, 0.717) is 28.5 Å². The van der Waals surface area contributed by atoms with Crippen molar-refractivity contribution in [1.82, 2.24) is 0 Å². The summed E-state index contributed by atoms with van der Waals surface area (Å²) in [5.41, 5.74) is 3.07. The second kappa shape index (κ2) is 12.0. The highest BCUT2D eigenvalue weighted by atomic mass is 31.2. The van der Waals surface area contributed by atoms with Gasteiger partial charge in [0.1, 0.15) is 11.5 Å². The molecule has 4 aromatic rings. The third-order valence-corrected chi connectivity index (χ3v) is 10.8. The van der Waals surface area contributed by atoms with E-state index in [1.165, 1.54) is 0 Å². The van der Waals surface area contributed by atoms with Crippen LogP contribution in [0.1, 0.15) is 45.6 Å².